The number of nitrogens with one attached hydrogen (secondary N) is 2. The maximum Gasteiger partial charge on any atom is 0.251 e. The molecule has 0 aliphatic carbocycles. The van der Waals surface area contributed by atoms with Crippen LogP contribution in [0.2, 0.25) is 0 Å². The van der Waals surface area contributed by atoms with Gasteiger partial charge in [0, 0.05) is 43.0 Å². The quantitative estimate of drug-likeness (QED) is 0.642. The van der Waals surface area contributed by atoms with E-state index in [-0.39, 0.29) is 17.3 Å². The van der Waals surface area contributed by atoms with Gasteiger partial charge >= 0.3 is 0 Å². The van der Waals surface area contributed by atoms with Gasteiger partial charge < -0.3 is 15.5 Å². The van der Waals surface area contributed by atoms with Crippen LogP contribution in [-0.2, 0) is 19.6 Å². The summed E-state index contributed by atoms with van der Waals surface area (Å²) < 4.78 is 26.9. The summed E-state index contributed by atoms with van der Waals surface area (Å²) in [4.78, 5) is 38.3. The molecule has 0 radical (unpaired) electrons. The fraction of sp³-hybridized carbons (Fsp3) is 0.348. The lowest BCUT2D eigenvalue weighted by atomic mass is 10.2. The van der Waals surface area contributed by atoms with Crippen LogP contribution in [0.5, 0.6) is 0 Å². The molecule has 4 rings (SSSR count). The summed E-state index contributed by atoms with van der Waals surface area (Å²) in [6.45, 7) is 1.40. The maximum atomic E-state index is 12.7. The van der Waals surface area contributed by atoms with Crippen molar-refractivity contribution in [1.82, 2.24) is 9.62 Å². The summed E-state index contributed by atoms with van der Waals surface area (Å²) in [5.74, 6) is -0.825. The predicted octanol–water partition coefficient (Wildman–Crippen LogP) is 1.97. The molecular weight excluding hydrogens is 444 g/mol. The largest absolute Gasteiger partial charge is 0.343 e. The van der Waals surface area contributed by atoms with Crippen LogP contribution in [0.1, 0.15) is 36.0 Å². The Hall–Kier alpha value is -3.24. The Morgan fingerprint density at radius 3 is 2.33 bits per heavy atom. The number of hydrogen-bond donors (Lipinski definition) is 2. The Kier molecular flexibility index (Phi) is 6.75. The third-order valence-electron chi connectivity index (χ3n) is 5.74. The smallest absolute Gasteiger partial charge is 0.251 e. The second-order valence-corrected chi connectivity index (χ2v) is 10.0. The summed E-state index contributed by atoms with van der Waals surface area (Å²) in [6.07, 6.45) is 3.04. The first-order chi connectivity index (χ1) is 15.8. The van der Waals surface area contributed by atoms with Crippen molar-refractivity contribution >= 4 is 39.1 Å². The van der Waals surface area contributed by atoms with Gasteiger partial charge in [0.1, 0.15) is 0 Å². The Bertz CT molecular complexity index is 1160. The highest BCUT2D eigenvalue weighted by Crippen LogP contribution is 2.23. The lowest BCUT2D eigenvalue weighted by Crippen LogP contribution is -2.33. The highest BCUT2D eigenvalue weighted by Gasteiger charge is 2.27. The number of sulfonamides is 1. The molecule has 2 aliphatic heterocycles. The van der Waals surface area contributed by atoms with Gasteiger partial charge in [-0.2, -0.15) is 4.31 Å². The molecule has 0 bridgehead atoms. The molecule has 2 heterocycles. The normalized spacial score (nSPS) is 16.7. The van der Waals surface area contributed by atoms with E-state index in [0.29, 0.717) is 37.3 Å². The fourth-order valence-electron chi connectivity index (χ4n) is 3.99. The van der Waals surface area contributed by atoms with Gasteiger partial charge in [-0.1, -0.05) is 6.07 Å². The third-order valence-corrected chi connectivity index (χ3v) is 7.64. The van der Waals surface area contributed by atoms with Crippen LogP contribution >= 0.6 is 0 Å². The molecule has 2 aromatic carbocycles. The second kappa shape index (κ2) is 9.72. The first kappa shape index (κ1) is 22.9. The molecule has 2 N–H and O–H groups in total. The van der Waals surface area contributed by atoms with Gasteiger partial charge in [-0.15, -0.1) is 0 Å². The average Bonchev–Trinajstić information content (AvgIpc) is 3.50. The number of carbonyl (C=O) groups excluding carboxylic acids is 3. The number of amides is 3. The van der Waals surface area contributed by atoms with E-state index < -0.39 is 21.8 Å². The van der Waals surface area contributed by atoms with Crippen molar-refractivity contribution in [1.29, 1.82) is 0 Å². The van der Waals surface area contributed by atoms with Gasteiger partial charge in [0.05, 0.1) is 11.4 Å². The van der Waals surface area contributed by atoms with E-state index in [2.05, 4.69) is 10.6 Å². The van der Waals surface area contributed by atoms with Crippen LogP contribution in [0.25, 0.3) is 0 Å². The van der Waals surface area contributed by atoms with Crippen molar-refractivity contribution in [3.05, 3.63) is 54.1 Å². The highest BCUT2D eigenvalue weighted by atomic mass is 32.2. The van der Waals surface area contributed by atoms with Crippen LogP contribution in [0.3, 0.4) is 0 Å². The number of nitrogens with zero attached hydrogens (tertiary/aromatic N) is 2. The van der Waals surface area contributed by atoms with Crippen LogP contribution in [0.15, 0.2) is 53.4 Å². The zero-order valence-electron chi connectivity index (χ0n) is 18.1. The molecule has 0 spiro atoms. The van der Waals surface area contributed by atoms with Crippen LogP contribution in [-0.4, -0.2) is 56.6 Å². The van der Waals surface area contributed by atoms with Gasteiger partial charge in [0.2, 0.25) is 21.8 Å². The van der Waals surface area contributed by atoms with Gasteiger partial charge in [0.15, 0.2) is 0 Å². The van der Waals surface area contributed by atoms with Crippen molar-refractivity contribution in [3.63, 3.8) is 0 Å². The van der Waals surface area contributed by atoms with Gasteiger partial charge in [0.25, 0.3) is 5.91 Å². The Morgan fingerprint density at radius 2 is 1.67 bits per heavy atom. The van der Waals surface area contributed by atoms with Crippen molar-refractivity contribution in [2.24, 2.45) is 0 Å². The molecule has 174 valence electrons. The first-order valence-electron chi connectivity index (χ1n) is 10.9. The number of hydrogen-bond acceptors (Lipinski definition) is 5. The first-order valence-corrected chi connectivity index (χ1v) is 12.4. The molecular formula is C23H26N4O5S. The topological polar surface area (TPSA) is 116 Å². The molecule has 0 atom stereocenters. The lowest BCUT2D eigenvalue weighted by molar-refractivity contribution is -0.117. The maximum absolute atomic E-state index is 12.7. The predicted molar refractivity (Wildman–Crippen MR) is 123 cm³/mol. The number of rotatable bonds is 7. The molecule has 2 aromatic rings. The fourth-order valence-corrected chi connectivity index (χ4v) is 5.56. The van der Waals surface area contributed by atoms with E-state index >= 15 is 0 Å². The molecule has 9 nitrogen and oxygen atoms in total. The molecule has 2 aliphatic rings. The molecule has 2 saturated heterocycles. The second-order valence-electron chi connectivity index (χ2n) is 8.07. The number of benzene rings is 2. The third kappa shape index (κ3) is 5.23. The van der Waals surface area contributed by atoms with Crippen molar-refractivity contribution in [3.8, 4) is 0 Å². The van der Waals surface area contributed by atoms with Crippen LogP contribution in [0, 0.1) is 0 Å². The van der Waals surface area contributed by atoms with Gasteiger partial charge in [-0.05, 0) is 61.7 Å². The van der Waals surface area contributed by atoms with Gasteiger partial charge in [-0.3, -0.25) is 14.4 Å². The van der Waals surface area contributed by atoms with Crippen molar-refractivity contribution < 1.29 is 22.8 Å². The standard InChI is InChI=1S/C23H26N4O5S/c28-21(25-18-5-3-6-20(15-18)33(31,32)26-12-1-2-13-26)16-24-23(30)17-8-10-19(11-9-17)27-14-4-7-22(27)29/h3,5-6,8-11,15H,1-2,4,7,12-14,16H2,(H,24,30)(H,25,28). The molecule has 0 saturated carbocycles. The number of carbonyl (C=O) groups is 3. The van der Waals surface area contributed by atoms with E-state index in [1.807, 2.05) is 0 Å². The van der Waals surface area contributed by atoms with Crippen molar-refractivity contribution in [2.45, 2.75) is 30.6 Å². The SMILES string of the molecule is O=C(CNC(=O)c1ccc(N2CCCC2=O)cc1)Nc1cccc(S(=O)(=O)N2CCCC2)c1. The monoisotopic (exact) mass is 470 g/mol. The summed E-state index contributed by atoms with van der Waals surface area (Å²) in [6, 6.07) is 12.7. The highest BCUT2D eigenvalue weighted by molar-refractivity contribution is 7.89. The van der Waals surface area contributed by atoms with Crippen LogP contribution in [0.4, 0.5) is 11.4 Å². The Balaban J connectivity index is 1.32. The number of anilines is 2. The molecule has 10 heteroatoms. The molecule has 3 amide bonds. The molecule has 0 unspecified atom stereocenters. The average molecular weight is 471 g/mol. The van der Waals surface area contributed by atoms with E-state index in [1.54, 1.807) is 41.3 Å². The van der Waals surface area contributed by atoms with Crippen LogP contribution < -0.4 is 15.5 Å². The van der Waals surface area contributed by atoms with E-state index in [0.717, 1.165) is 24.9 Å². The minimum atomic E-state index is -3.58. The summed E-state index contributed by atoms with van der Waals surface area (Å²) >= 11 is 0. The van der Waals surface area contributed by atoms with E-state index in [9.17, 15) is 22.8 Å². The van der Waals surface area contributed by atoms with E-state index in [4.69, 9.17) is 0 Å². The van der Waals surface area contributed by atoms with Gasteiger partial charge in [-0.25, -0.2) is 8.42 Å². The van der Waals surface area contributed by atoms with Crippen molar-refractivity contribution in [2.75, 3.05) is 36.4 Å². The molecule has 0 aromatic heterocycles. The minimum Gasteiger partial charge on any atom is -0.343 e. The van der Waals surface area contributed by atoms with E-state index in [1.165, 1.54) is 16.4 Å². The Morgan fingerprint density at radius 1 is 0.939 bits per heavy atom. The lowest BCUT2D eigenvalue weighted by Gasteiger charge is -2.16. The summed E-state index contributed by atoms with van der Waals surface area (Å²) in [5.41, 5.74) is 1.46. The zero-order chi connectivity index (χ0) is 23.4. The zero-order valence-corrected chi connectivity index (χ0v) is 18.9. The Labute approximate surface area is 192 Å². The summed E-state index contributed by atoms with van der Waals surface area (Å²) in [5, 5.41) is 5.17. The molecule has 2 fully saturated rings. The minimum absolute atomic E-state index is 0.0705. The molecule has 33 heavy (non-hydrogen) atoms. The summed E-state index contributed by atoms with van der Waals surface area (Å²) in [7, 11) is -3.58.